The van der Waals surface area contributed by atoms with Crippen molar-refractivity contribution in [2.24, 2.45) is 0 Å². The van der Waals surface area contributed by atoms with Crippen molar-refractivity contribution >= 4 is 17.5 Å². The van der Waals surface area contributed by atoms with E-state index in [1.807, 2.05) is 0 Å². The van der Waals surface area contributed by atoms with Crippen LogP contribution in [0, 0.1) is 5.82 Å². The van der Waals surface area contributed by atoms with Gasteiger partial charge in [-0.05, 0) is 24.1 Å². The molecule has 2 aromatic rings. The van der Waals surface area contributed by atoms with Crippen molar-refractivity contribution in [3.05, 3.63) is 41.5 Å². The van der Waals surface area contributed by atoms with E-state index in [1.54, 1.807) is 20.0 Å². The number of carbonyl (C=O) groups is 2. The number of halogens is 1. The highest BCUT2D eigenvalue weighted by Crippen LogP contribution is 2.42. The lowest BCUT2D eigenvalue weighted by molar-refractivity contribution is -0.121. The second kappa shape index (κ2) is 7.22. The molecule has 2 aliphatic heterocycles. The Morgan fingerprint density at radius 1 is 1.39 bits per heavy atom. The number of ether oxygens (including phenoxy) is 1. The van der Waals surface area contributed by atoms with Gasteiger partial charge in [0.1, 0.15) is 11.6 Å². The molecule has 1 N–H and O–H groups in total. The number of amides is 2. The highest BCUT2D eigenvalue weighted by Gasteiger charge is 2.28. The van der Waals surface area contributed by atoms with Gasteiger partial charge in [0.2, 0.25) is 11.8 Å². The molecular weight excluding hydrogens is 361 g/mol. The number of hydrogen-bond acceptors (Lipinski definition) is 4. The Morgan fingerprint density at radius 3 is 3.00 bits per heavy atom. The van der Waals surface area contributed by atoms with Crippen molar-refractivity contribution in [3.8, 4) is 16.9 Å². The highest BCUT2D eigenvalue weighted by molar-refractivity contribution is 5.96. The summed E-state index contributed by atoms with van der Waals surface area (Å²) in [5.74, 6) is -0.428. The topological polar surface area (TPSA) is 71.5 Å². The number of carbonyl (C=O) groups excluding carboxylic acids is 2. The van der Waals surface area contributed by atoms with Crippen molar-refractivity contribution in [1.82, 2.24) is 10.3 Å². The normalized spacial score (nSPS) is 21.3. The summed E-state index contributed by atoms with van der Waals surface area (Å²) < 4.78 is 29.6. The third-order valence-electron chi connectivity index (χ3n) is 5.23. The summed E-state index contributed by atoms with van der Waals surface area (Å²) in [5, 5.41) is 2.72. The van der Waals surface area contributed by atoms with Crippen molar-refractivity contribution in [3.63, 3.8) is 0 Å². The molecule has 0 unspecified atom stereocenters. The van der Waals surface area contributed by atoms with Crippen LogP contribution in [0.4, 0.5) is 10.1 Å². The number of nitrogens with zero attached hydrogens (tertiary/aromatic N) is 2. The molecule has 2 aliphatic rings. The van der Waals surface area contributed by atoms with Gasteiger partial charge in [0.05, 0.1) is 14.0 Å². The minimum Gasteiger partial charge on any atom is -0.492 e. The van der Waals surface area contributed by atoms with E-state index in [4.69, 9.17) is 6.11 Å². The summed E-state index contributed by atoms with van der Waals surface area (Å²) in [6, 6.07) is 1.71. The Morgan fingerprint density at radius 2 is 2.21 bits per heavy atom. The lowest BCUT2D eigenvalue weighted by atomic mass is 9.93. The fourth-order valence-corrected chi connectivity index (χ4v) is 3.66. The zero-order valence-electron chi connectivity index (χ0n) is 16.8. The van der Waals surface area contributed by atoms with Gasteiger partial charge >= 0.3 is 0 Å². The minimum atomic E-state index is -1.37. The number of fused-ring (bicyclic) bond motifs is 2. The van der Waals surface area contributed by atoms with E-state index in [1.165, 1.54) is 23.4 Å². The number of rotatable bonds is 3. The predicted molar refractivity (Wildman–Crippen MR) is 103 cm³/mol. The molecule has 0 bridgehead atoms. The third-order valence-corrected chi connectivity index (χ3v) is 5.23. The zero-order valence-corrected chi connectivity index (χ0v) is 15.8. The van der Waals surface area contributed by atoms with E-state index >= 15 is 4.39 Å². The van der Waals surface area contributed by atoms with E-state index in [0.717, 1.165) is 5.56 Å². The number of nitrogens with one attached hydrogen (secondary N) is 1. The Kier molecular flexibility index (Phi) is 4.43. The van der Waals surface area contributed by atoms with Gasteiger partial charge in [-0.3, -0.25) is 14.6 Å². The summed E-state index contributed by atoms with van der Waals surface area (Å²) in [6.45, 7) is 1.94. The lowest BCUT2D eigenvalue weighted by Gasteiger charge is -2.29. The predicted octanol–water partition coefficient (Wildman–Crippen LogP) is 3.15. The second-order valence-corrected chi connectivity index (χ2v) is 6.96. The van der Waals surface area contributed by atoms with Gasteiger partial charge in [-0.2, -0.15) is 0 Å². The van der Waals surface area contributed by atoms with Crippen molar-refractivity contribution in [2.75, 3.05) is 18.6 Å². The van der Waals surface area contributed by atoms with E-state index in [9.17, 15) is 9.59 Å². The molecule has 0 radical (unpaired) electrons. The maximum atomic E-state index is 15.1. The first-order chi connectivity index (χ1) is 13.8. The summed E-state index contributed by atoms with van der Waals surface area (Å²) in [5.41, 5.74) is 2.58. The van der Waals surface area contributed by atoms with Gasteiger partial charge in [-0.25, -0.2) is 4.39 Å². The van der Waals surface area contributed by atoms with Gasteiger partial charge in [0.25, 0.3) is 0 Å². The lowest BCUT2D eigenvalue weighted by Crippen LogP contribution is -2.32. The van der Waals surface area contributed by atoms with Crippen LogP contribution in [0.1, 0.15) is 44.7 Å². The number of pyridine rings is 1. The van der Waals surface area contributed by atoms with Crippen LogP contribution in [-0.4, -0.2) is 30.5 Å². The Hall–Kier alpha value is -2.96. The van der Waals surface area contributed by atoms with Crippen LogP contribution in [0.25, 0.3) is 11.1 Å². The molecular formula is C21H22FN3O3. The summed E-state index contributed by atoms with van der Waals surface area (Å²) in [6.07, 6.45) is 4.43. The molecule has 6 nitrogen and oxygen atoms in total. The molecule has 0 saturated heterocycles. The summed E-state index contributed by atoms with van der Waals surface area (Å²) in [7, 11) is 1.64. The van der Waals surface area contributed by atoms with Crippen LogP contribution in [0.5, 0.6) is 5.75 Å². The van der Waals surface area contributed by atoms with Crippen LogP contribution in [-0.2, 0) is 16.0 Å². The number of hydrogen-bond donors (Lipinski definition) is 1. The first kappa shape index (κ1) is 17.2. The van der Waals surface area contributed by atoms with Crippen LogP contribution in [0.15, 0.2) is 24.5 Å². The molecule has 28 heavy (non-hydrogen) atoms. The largest absolute Gasteiger partial charge is 0.492 e. The van der Waals surface area contributed by atoms with Crippen molar-refractivity contribution in [2.45, 2.75) is 38.6 Å². The Labute approximate surface area is 164 Å². The monoisotopic (exact) mass is 384 g/mol. The van der Waals surface area contributed by atoms with Crippen LogP contribution >= 0.6 is 0 Å². The molecule has 0 spiro atoms. The molecule has 4 rings (SSSR count). The second-order valence-electron chi connectivity index (χ2n) is 6.96. The molecule has 2 amide bonds. The SMILES string of the molecule is [2H][C@@]1(NC(=O)CC)CCOc2c(-c3cc4c(cc3F)N(C)C(=O)CC4)cncc21. The third kappa shape index (κ3) is 3.10. The molecule has 0 fully saturated rings. The van der Waals surface area contributed by atoms with Crippen LogP contribution in [0.2, 0.25) is 0 Å². The quantitative estimate of drug-likeness (QED) is 0.883. The summed E-state index contributed by atoms with van der Waals surface area (Å²) in [4.78, 5) is 29.5. The first-order valence-electron chi connectivity index (χ1n) is 9.85. The molecule has 7 heteroatoms. The summed E-state index contributed by atoms with van der Waals surface area (Å²) >= 11 is 0. The van der Waals surface area contributed by atoms with E-state index in [0.29, 0.717) is 41.0 Å². The van der Waals surface area contributed by atoms with Gasteiger partial charge in [-0.1, -0.05) is 6.92 Å². The van der Waals surface area contributed by atoms with Crippen molar-refractivity contribution < 1.29 is 20.1 Å². The molecule has 3 heterocycles. The standard InChI is InChI=1S/C21H22FN3O3/c1-3-19(26)24-17-6-7-28-21-14(10-23-11-15(17)21)13-8-12-4-5-20(27)25(2)18(12)9-16(13)22/h8-11,17H,3-7H2,1-2H3,(H,24,26)/t17-/m1/s1/i17D. The van der Waals surface area contributed by atoms with E-state index < -0.39 is 11.8 Å². The van der Waals surface area contributed by atoms with Gasteiger partial charge in [0, 0.05) is 61.1 Å². The number of anilines is 1. The van der Waals surface area contributed by atoms with Crippen molar-refractivity contribution in [1.29, 1.82) is 0 Å². The fourth-order valence-electron chi connectivity index (χ4n) is 3.66. The molecule has 1 aromatic heterocycles. The average Bonchev–Trinajstić information content (AvgIpc) is 2.71. The first-order valence-corrected chi connectivity index (χ1v) is 9.35. The Bertz CT molecular complexity index is 1010. The maximum Gasteiger partial charge on any atom is 0.227 e. The average molecular weight is 384 g/mol. The number of aryl methyl sites for hydroxylation is 1. The van der Waals surface area contributed by atoms with Gasteiger partial charge in [-0.15, -0.1) is 0 Å². The molecule has 0 saturated carbocycles. The van der Waals surface area contributed by atoms with Gasteiger partial charge < -0.3 is 15.0 Å². The smallest absolute Gasteiger partial charge is 0.227 e. The number of aromatic nitrogens is 1. The minimum absolute atomic E-state index is 0.0441. The van der Waals surface area contributed by atoms with Crippen LogP contribution in [0.3, 0.4) is 0 Å². The Balaban J connectivity index is 1.82. The van der Waals surface area contributed by atoms with E-state index in [2.05, 4.69) is 10.3 Å². The highest BCUT2D eigenvalue weighted by atomic mass is 19.1. The number of benzene rings is 1. The van der Waals surface area contributed by atoms with Gasteiger partial charge in [0.15, 0.2) is 0 Å². The zero-order chi connectivity index (χ0) is 20.8. The molecule has 1 atom stereocenters. The fraction of sp³-hybridized carbons (Fsp3) is 0.381. The maximum absolute atomic E-state index is 15.1. The molecule has 1 aromatic carbocycles. The van der Waals surface area contributed by atoms with E-state index in [-0.39, 0.29) is 31.3 Å². The molecule has 146 valence electrons. The van der Waals surface area contributed by atoms with Crippen LogP contribution < -0.4 is 15.0 Å². The molecule has 0 aliphatic carbocycles.